The molecule has 0 fully saturated rings. The van der Waals surface area contributed by atoms with Gasteiger partial charge in [-0.05, 0) is 19.9 Å². The highest BCUT2D eigenvalue weighted by atomic mass is 32.1. The maximum atomic E-state index is 12.0. The van der Waals surface area contributed by atoms with Gasteiger partial charge in [0.1, 0.15) is 5.01 Å². The third kappa shape index (κ3) is 2.60. The number of hydrazine groups is 1. The van der Waals surface area contributed by atoms with Crippen LogP contribution < -0.4 is 16.6 Å². The number of nitrogens with one attached hydrogen (secondary N) is 2. The molecular weight excluding hydrogens is 252 g/mol. The van der Waals surface area contributed by atoms with Gasteiger partial charge in [-0.1, -0.05) is 11.3 Å². The summed E-state index contributed by atoms with van der Waals surface area (Å²) in [6.45, 7) is 3.63. The van der Waals surface area contributed by atoms with E-state index in [1.807, 2.05) is 13.8 Å². The summed E-state index contributed by atoms with van der Waals surface area (Å²) in [4.78, 5) is 16.1. The molecule has 2 aromatic heterocycles. The zero-order valence-electron chi connectivity index (χ0n) is 9.89. The SMILES string of the molecule is Cc1cc(NN)c(C(=O)Nc2nnc(C)s2)cn1. The van der Waals surface area contributed by atoms with Gasteiger partial charge < -0.3 is 5.43 Å². The molecule has 0 unspecified atom stereocenters. The molecule has 2 rings (SSSR count). The molecule has 0 bridgehead atoms. The maximum Gasteiger partial charge on any atom is 0.261 e. The largest absolute Gasteiger partial charge is 0.323 e. The van der Waals surface area contributed by atoms with Crippen LogP contribution in [0.1, 0.15) is 21.1 Å². The average molecular weight is 264 g/mol. The van der Waals surface area contributed by atoms with E-state index in [-0.39, 0.29) is 5.91 Å². The summed E-state index contributed by atoms with van der Waals surface area (Å²) in [6.07, 6.45) is 1.47. The van der Waals surface area contributed by atoms with Crippen LogP contribution in [0.3, 0.4) is 0 Å². The lowest BCUT2D eigenvalue weighted by Crippen LogP contribution is -2.17. The number of nitrogens with zero attached hydrogens (tertiary/aromatic N) is 3. The summed E-state index contributed by atoms with van der Waals surface area (Å²) in [7, 11) is 0. The maximum absolute atomic E-state index is 12.0. The fourth-order valence-corrected chi connectivity index (χ4v) is 1.96. The number of nitrogen functional groups attached to an aromatic ring is 1. The van der Waals surface area contributed by atoms with E-state index in [2.05, 4.69) is 25.9 Å². The first-order valence-electron chi connectivity index (χ1n) is 5.15. The van der Waals surface area contributed by atoms with E-state index in [9.17, 15) is 4.79 Å². The summed E-state index contributed by atoms with van der Waals surface area (Å²) in [5.74, 6) is 5.04. The topological polar surface area (TPSA) is 106 Å². The van der Waals surface area contributed by atoms with E-state index in [0.29, 0.717) is 16.4 Å². The van der Waals surface area contributed by atoms with E-state index in [4.69, 9.17) is 5.84 Å². The van der Waals surface area contributed by atoms with Crippen molar-refractivity contribution in [2.75, 3.05) is 10.7 Å². The van der Waals surface area contributed by atoms with E-state index in [1.54, 1.807) is 6.07 Å². The molecule has 0 atom stereocenters. The van der Waals surface area contributed by atoms with Crippen LogP contribution in [-0.4, -0.2) is 21.1 Å². The molecule has 0 aliphatic rings. The third-order valence-corrected chi connectivity index (χ3v) is 2.94. The smallest absolute Gasteiger partial charge is 0.261 e. The van der Waals surface area contributed by atoms with Crippen molar-refractivity contribution in [1.82, 2.24) is 15.2 Å². The lowest BCUT2D eigenvalue weighted by atomic mass is 10.2. The Morgan fingerprint density at radius 3 is 2.78 bits per heavy atom. The Balaban J connectivity index is 2.23. The minimum atomic E-state index is -0.327. The number of rotatable bonds is 3. The van der Waals surface area contributed by atoms with Gasteiger partial charge in [0.15, 0.2) is 0 Å². The monoisotopic (exact) mass is 264 g/mol. The lowest BCUT2D eigenvalue weighted by Gasteiger charge is -2.08. The number of hydrogen-bond donors (Lipinski definition) is 3. The van der Waals surface area contributed by atoms with E-state index < -0.39 is 0 Å². The summed E-state index contributed by atoms with van der Waals surface area (Å²) >= 11 is 1.30. The first-order valence-corrected chi connectivity index (χ1v) is 5.96. The number of hydrogen-bond acceptors (Lipinski definition) is 7. The lowest BCUT2D eigenvalue weighted by molar-refractivity contribution is 0.102. The van der Waals surface area contributed by atoms with Crippen LogP contribution >= 0.6 is 11.3 Å². The molecule has 1 amide bonds. The van der Waals surface area contributed by atoms with Crippen molar-refractivity contribution in [1.29, 1.82) is 0 Å². The zero-order valence-corrected chi connectivity index (χ0v) is 10.7. The number of carbonyl (C=O) groups excluding carboxylic acids is 1. The van der Waals surface area contributed by atoms with Gasteiger partial charge in [0.05, 0.1) is 11.3 Å². The number of pyridine rings is 1. The third-order valence-electron chi connectivity index (χ3n) is 2.19. The van der Waals surface area contributed by atoms with Gasteiger partial charge in [0.2, 0.25) is 5.13 Å². The summed E-state index contributed by atoms with van der Waals surface area (Å²) in [6, 6.07) is 1.69. The molecule has 0 aromatic carbocycles. The van der Waals surface area contributed by atoms with Crippen LogP contribution in [0.5, 0.6) is 0 Å². The summed E-state index contributed by atoms with van der Waals surface area (Å²) < 4.78 is 0. The molecule has 0 saturated carbocycles. The van der Waals surface area contributed by atoms with Gasteiger partial charge in [0.25, 0.3) is 5.91 Å². The number of anilines is 2. The number of aromatic nitrogens is 3. The molecule has 2 aromatic rings. The van der Waals surface area contributed by atoms with Gasteiger partial charge >= 0.3 is 0 Å². The van der Waals surface area contributed by atoms with Crippen molar-refractivity contribution in [3.63, 3.8) is 0 Å². The van der Waals surface area contributed by atoms with Gasteiger partial charge in [-0.15, -0.1) is 10.2 Å². The number of amides is 1. The fourth-order valence-electron chi connectivity index (χ4n) is 1.37. The molecule has 0 aliphatic carbocycles. The minimum Gasteiger partial charge on any atom is -0.323 e. The quantitative estimate of drug-likeness (QED) is 0.566. The Morgan fingerprint density at radius 1 is 1.39 bits per heavy atom. The van der Waals surface area contributed by atoms with E-state index in [0.717, 1.165) is 10.7 Å². The molecule has 7 nitrogen and oxygen atoms in total. The van der Waals surface area contributed by atoms with Crippen LogP contribution in [0.2, 0.25) is 0 Å². The van der Waals surface area contributed by atoms with Gasteiger partial charge in [-0.2, -0.15) is 0 Å². The molecule has 94 valence electrons. The van der Waals surface area contributed by atoms with Crippen molar-refractivity contribution in [3.8, 4) is 0 Å². The van der Waals surface area contributed by atoms with Crippen LogP contribution in [0.4, 0.5) is 10.8 Å². The zero-order chi connectivity index (χ0) is 13.1. The Morgan fingerprint density at radius 2 is 2.17 bits per heavy atom. The second-order valence-corrected chi connectivity index (χ2v) is 4.78. The molecule has 0 radical (unpaired) electrons. The summed E-state index contributed by atoms with van der Waals surface area (Å²) in [5, 5.41) is 11.5. The van der Waals surface area contributed by atoms with E-state index >= 15 is 0 Å². The van der Waals surface area contributed by atoms with Crippen molar-refractivity contribution < 1.29 is 4.79 Å². The first-order chi connectivity index (χ1) is 8.60. The van der Waals surface area contributed by atoms with Crippen molar-refractivity contribution >= 4 is 28.1 Å². The van der Waals surface area contributed by atoms with Gasteiger partial charge in [0, 0.05) is 11.9 Å². The molecule has 2 heterocycles. The highest BCUT2D eigenvalue weighted by Gasteiger charge is 2.13. The van der Waals surface area contributed by atoms with Crippen LogP contribution in [0.15, 0.2) is 12.3 Å². The second-order valence-electron chi connectivity index (χ2n) is 3.60. The second kappa shape index (κ2) is 5.07. The highest BCUT2D eigenvalue weighted by Crippen LogP contribution is 2.18. The van der Waals surface area contributed by atoms with Crippen molar-refractivity contribution in [2.45, 2.75) is 13.8 Å². The minimum absolute atomic E-state index is 0.327. The number of aryl methyl sites for hydroxylation is 2. The average Bonchev–Trinajstić information content (AvgIpc) is 2.74. The standard InChI is InChI=1S/C10H12N6OS/c1-5-3-8(14-11)7(4-12-5)9(17)13-10-16-15-6(2)18-10/h3-4H,11H2,1-2H3,(H,12,14)(H,13,16,17). The van der Waals surface area contributed by atoms with Crippen molar-refractivity contribution in [3.05, 3.63) is 28.5 Å². The Kier molecular flexibility index (Phi) is 3.49. The Hall–Kier alpha value is -2.06. The van der Waals surface area contributed by atoms with Crippen LogP contribution in [0.25, 0.3) is 0 Å². The molecule has 0 saturated heterocycles. The van der Waals surface area contributed by atoms with Crippen LogP contribution in [-0.2, 0) is 0 Å². The predicted octanol–water partition coefficient (Wildman–Crippen LogP) is 1.09. The molecule has 8 heteroatoms. The van der Waals surface area contributed by atoms with Gasteiger partial charge in [-0.3, -0.25) is 20.9 Å². The Labute approximate surface area is 107 Å². The normalized spacial score (nSPS) is 10.2. The number of nitrogens with two attached hydrogens (primary N) is 1. The molecule has 4 N–H and O–H groups in total. The molecular formula is C10H12N6OS. The highest BCUT2D eigenvalue weighted by molar-refractivity contribution is 7.15. The van der Waals surface area contributed by atoms with Gasteiger partial charge in [-0.25, -0.2) is 0 Å². The van der Waals surface area contributed by atoms with E-state index in [1.165, 1.54) is 17.5 Å². The molecule has 0 aliphatic heterocycles. The fraction of sp³-hybridized carbons (Fsp3) is 0.200. The molecule has 18 heavy (non-hydrogen) atoms. The van der Waals surface area contributed by atoms with Crippen LogP contribution in [0, 0.1) is 13.8 Å². The predicted molar refractivity (Wildman–Crippen MR) is 69.4 cm³/mol. The summed E-state index contributed by atoms with van der Waals surface area (Å²) in [5.41, 5.74) is 4.12. The number of carbonyl (C=O) groups is 1. The van der Waals surface area contributed by atoms with Crippen molar-refractivity contribution in [2.24, 2.45) is 5.84 Å². The Bertz CT molecular complexity index is 581. The first kappa shape index (κ1) is 12.4. The molecule has 0 spiro atoms.